The SMILES string of the molecule is NNc1cc(C(=O)N2CCCC2C2CCCC2)ccn1. The van der Waals surface area contributed by atoms with Gasteiger partial charge >= 0.3 is 0 Å². The van der Waals surface area contributed by atoms with E-state index in [4.69, 9.17) is 5.84 Å². The third-order valence-corrected chi connectivity index (χ3v) is 4.66. The number of likely N-dealkylation sites (tertiary alicyclic amines) is 1. The summed E-state index contributed by atoms with van der Waals surface area (Å²) in [5.74, 6) is 6.72. The molecule has 5 heteroatoms. The normalized spacial score (nSPS) is 23.2. The predicted octanol–water partition coefficient (Wildman–Crippen LogP) is 2.16. The van der Waals surface area contributed by atoms with Gasteiger partial charge in [0.15, 0.2) is 0 Å². The molecule has 1 amide bonds. The maximum Gasteiger partial charge on any atom is 0.254 e. The zero-order chi connectivity index (χ0) is 13.9. The van der Waals surface area contributed by atoms with Crippen LogP contribution in [0.3, 0.4) is 0 Å². The molecule has 3 rings (SSSR count). The molecule has 2 aliphatic rings. The number of hydrazine groups is 1. The summed E-state index contributed by atoms with van der Waals surface area (Å²) in [7, 11) is 0. The van der Waals surface area contributed by atoms with Crippen molar-refractivity contribution in [2.45, 2.75) is 44.6 Å². The van der Waals surface area contributed by atoms with E-state index in [-0.39, 0.29) is 5.91 Å². The van der Waals surface area contributed by atoms with Crippen LogP contribution in [0.5, 0.6) is 0 Å². The number of carbonyl (C=O) groups excluding carboxylic acids is 1. The van der Waals surface area contributed by atoms with Crippen LogP contribution in [0.15, 0.2) is 18.3 Å². The lowest BCUT2D eigenvalue weighted by Gasteiger charge is -2.29. The molecule has 0 spiro atoms. The van der Waals surface area contributed by atoms with Crippen molar-refractivity contribution in [3.05, 3.63) is 23.9 Å². The smallest absolute Gasteiger partial charge is 0.254 e. The second-order valence-electron chi connectivity index (χ2n) is 5.83. The molecule has 1 aromatic heterocycles. The Labute approximate surface area is 119 Å². The molecule has 0 bridgehead atoms. The number of nitrogens with two attached hydrogens (primary N) is 1. The highest BCUT2D eigenvalue weighted by molar-refractivity contribution is 5.95. The average Bonchev–Trinajstić information content (AvgIpc) is 3.16. The van der Waals surface area contributed by atoms with Crippen molar-refractivity contribution in [2.75, 3.05) is 12.0 Å². The summed E-state index contributed by atoms with van der Waals surface area (Å²) in [5.41, 5.74) is 3.18. The second-order valence-corrected chi connectivity index (χ2v) is 5.83. The third kappa shape index (κ3) is 2.50. The molecule has 2 fully saturated rings. The average molecular weight is 274 g/mol. The molecule has 1 atom stereocenters. The quantitative estimate of drug-likeness (QED) is 0.654. The van der Waals surface area contributed by atoms with Crippen LogP contribution in [-0.4, -0.2) is 28.4 Å². The van der Waals surface area contributed by atoms with Crippen LogP contribution >= 0.6 is 0 Å². The van der Waals surface area contributed by atoms with Crippen LogP contribution in [0.2, 0.25) is 0 Å². The Morgan fingerprint density at radius 2 is 2.10 bits per heavy atom. The highest BCUT2D eigenvalue weighted by atomic mass is 16.2. The van der Waals surface area contributed by atoms with Crippen LogP contribution in [0.1, 0.15) is 48.9 Å². The fourth-order valence-corrected chi connectivity index (χ4v) is 3.69. The van der Waals surface area contributed by atoms with Gasteiger partial charge in [-0.05, 0) is 43.7 Å². The lowest BCUT2D eigenvalue weighted by Crippen LogP contribution is -2.39. The van der Waals surface area contributed by atoms with Gasteiger partial charge in [0.1, 0.15) is 5.82 Å². The Bertz CT molecular complexity index is 485. The summed E-state index contributed by atoms with van der Waals surface area (Å²) >= 11 is 0. The topological polar surface area (TPSA) is 71.2 Å². The molecular weight excluding hydrogens is 252 g/mol. The van der Waals surface area contributed by atoms with Crippen LogP contribution < -0.4 is 11.3 Å². The lowest BCUT2D eigenvalue weighted by atomic mass is 9.95. The number of aromatic nitrogens is 1. The Hall–Kier alpha value is -1.62. The van der Waals surface area contributed by atoms with E-state index in [9.17, 15) is 4.79 Å². The highest BCUT2D eigenvalue weighted by Crippen LogP contribution is 2.36. The maximum absolute atomic E-state index is 12.7. The van der Waals surface area contributed by atoms with Gasteiger partial charge in [0.25, 0.3) is 5.91 Å². The number of carbonyl (C=O) groups is 1. The fourth-order valence-electron chi connectivity index (χ4n) is 3.69. The molecule has 1 aromatic rings. The first-order valence-corrected chi connectivity index (χ1v) is 7.53. The molecule has 108 valence electrons. The third-order valence-electron chi connectivity index (χ3n) is 4.66. The van der Waals surface area contributed by atoms with Crippen LogP contribution in [0.4, 0.5) is 5.82 Å². The van der Waals surface area contributed by atoms with E-state index in [0.717, 1.165) is 19.4 Å². The van der Waals surface area contributed by atoms with E-state index < -0.39 is 0 Å². The fraction of sp³-hybridized carbons (Fsp3) is 0.600. The Morgan fingerprint density at radius 1 is 1.30 bits per heavy atom. The van der Waals surface area contributed by atoms with E-state index >= 15 is 0 Å². The minimum atomic E-state index is 0.123. The van der Waals surface area contributed by atoms with Gasteiger partial charge in [-0.2, -0.15) is 0 Å². The van der Waals surface area contributed by atoms with E-state index in [2.05, 4.69) is 15.3 Å². The van der Waals surface area contributed by atoms with Crippen LogP contribution in [0, 0.1) is 5.92 Å². The summed E-state index contributed by atoms with van der Waals surface area (Å²) in [6.07, 6.45) is 9.10. The van der Waals surface area contributed by atoms with E-state index in [1.807, 2.05) is 0 Å². The van der Waals surface area contributed by atoms with Gasteiger partial charge in [-0.15, -0.1) is 0 Å². The first kappa shape index (κ1) is 13.4. The number of hydrogen-bond acceptors (Lipinski definition) is 4. The monoisotopic (exact) mass is 274 g/mol. The van der Waals surface area contributed by atoms with E-state index in [1.54, 1.807) is 18.3 Å². The summed E-state index contributed by atoms with van der Waals surface area (Å²) in [5, 5.41) is 0. The number of anilines is 1. The molecule has 1 saturated carbocycles. The Balaban J connectivity index is 1.77. The number of amides is 1. The van der Waals surface area contributed by atoms with Crippen molar-refractivity contribution in [3.8, 4) is 0 Å². The molecule has 5 nitrogen and oxygen atoms in total. The van der Waals surface area contributed by atoms with Gasteiger partial charge in [0.2, 0.25) is 0 Å². The molecule has 1 unspecified atom stereocenters. The van der Waals surface area contributed by atoms with Gasteiger partial charge in [-0.25, -0.2) is 10.8 Å². The van der Waals surface area contributed by atoms with Crippen LogP contribution in [0.25, 0.3) is 0 Å². The molecular formula is C15H22N4O. The van der Waals surface area contributed by atoms with E-state index in [1.165, 1.54) is 25.7 Å². The standard InChI is InChI=1S/C15H22N4O/c16-18-14-10-12(7-8-17-14)15(20)19-9-3-6-13(19)11-4-1-2-5-11/h7-8,10-11,13H,1-6,9,16H2,(H,17,18). The van der Waals surface area contributed by atoms with Crippen molar-refractivity contribution in [3.63, 3.8) is 0 Å². The van der Waals surface area contributed by atoms with Gasteiger partial charge in [-0.3, -0.25) is 4.79 Å². The molecule has 1 saturated heterocycles. The minimum Gasteiger partial charge on any atom is -0.335 e. The summed E-state index contributed by atoms with van der Waals surface area (Å²) in [4.78, 5) is 18.8. The molecule has 1 aliphatic carbocycles. The largest absolute Gasteiger partial charge is 0.335 e. The summed E-state index contributed by atoms with van der Waals surface area (Å²) in [6.45, 7) is 0.883. The lowest BCUT2D eigenvalue weighted by molar-refractivity contribution is 0.0689. The second kappa shape index (κ2) is 5.79. The molecule has 3 N–H and O–H groups in total. The number of nitrogen functional groups attached to an aromatic ring is 1. The van der Waals surface area contributed by atoms with Crippen molar-refractivity contribution >= 4 is 11.7 Å². The van der Waals surface area contributed by atoms with Crippen molar-refractivity contribution in [1.29, 1.82) is 0 Å². The van der Waals surface area contributed by atoms with Crippen molar-refractivity contribution in [2.24, 2.45) is 11.8 Å². The van der Waals surface area contributed by atoms with Crippen LogP contribution in [-0.2, 0) is 0 Å². The number of nitrogens with one attached hydrogen (secondary N) is 1. The molecule has 0 aromatic carbocycles. The predicted molar refractivity (Wildman–Crippen MR) is 78.1 cm³/mol. The van der Waals surface area contributed by atoms with Gasteiger partial charge in [0, 0.05) is 24.3 Å². The summed E-state index contributed by atoms with van der Waals surface area (Å²) < 4.78 is 0. The zero-order valence-corrected chi connectivity index (χ0v) is 11.7. The first-order chi connectivity index (χ1) is 9.79. The van der Waals surface area contributed by atoms with Crippen molar-refractivity contribution in [1.82, 2.24) is 9.88 Å². The van der Waals surface area contributed by atoms with Gasteiger partial charge in [-0.1, -0.05) is 12.8 Å². The Morgan fingerprint density at radius 3 is 2.85 bits per heavy atom. The highest BCUT2D eigenvalue weighted by Gasteiger charge is 2.36. The van der Waals surface area contributed by atoms with Gasteiger partial charge in [0.05, 0.1) is 0 Å². The molecule has 1 aliphatic heterocycles. The number of hydrogen-bond donors (Lipinski definition) is 2. The number of rotatable bonds is 3. The Kier molecular flexibility index (Phi) is 3.87. The van der Waals surface area contributed by atoms with Gasteiger partial charge < -0.3 is 10.3 Å². The minimum absolute atomic E-state index is 0.123. The number of pyridine rings is 1. The summed E-state index contributed by atoms with van der Waals surface area (Å²) in [6, 6.07) is 3.94. The first-order valence-electron chi connectivity index (χ1n) is 7.53. The number of nitrogens with zero attached hydrogens (tertiary/aromatic N) is 2. The van der Waals surface area contributed by atoms with Crippen molar-refractivity contribution < 1.29 is 4.79 Å². The maximum atomic E-state index is 12.7. The zero-order valence-electron chi connectivity index (χ0n) is 11.7. The molecule has 0 radical (unpaired) electrons. The van der Waals surface area contributed by atoms with E-state index in [0.29, 0.717) is 23.3 Å². The molecule has 20 heavy (non-hydrogen) atoms. The molecule has 2 heterocycles.